The lowest BCUT2D eigenvalue weighted by atomic mass is 9.85. The summed E-state index contributed by atoms with van der Waals surface area (Å²) in [5.74, 6) is 7.13. The van der Waals surface area contributed by atoms with Crippen molar-refractivity contribution in [3.63, 3.8) is 0 Å². The van der Waals surface area contributed by atoms with Gasteiger partial charge in [-0.25, -0.2) is 0 Å². The molecule has 4 aromatic carbocycles. The first-order valence-electron chi connectivity index (χ1n) is 9.89. The molecule has 0 amide bonds. The molecule has 0 heterocycles. The Bertz CT molecular complexity index is 1160. The van der Waals surface area contributed by atoms with Crippen LogP contribution in [0.3, 0.4) is 0 Å². The smallest absolute Gasteiger partial charge is 0.0764 e. The summed E-state index contributed by atoms with van der Waals surface area (Å²) in [4.78, 5) is 0. The van der Waals surface area contributed by atoms with Crippen molar-refractivity contribution in [3.05, 3.63) is 144 Å². The maximum atomic E-state index is 3.68. The van der Waals surface area contributed by atoms with Crippen LogP contribution in [0.15, 0.2) is 121 Å². The molecule has 136 valence electrons. The summed E-state index contributed by atoms with van der Waals surface area (Å²) < 4.78 is 0. The summed E-state index contributed by atoms with van der Waals surface area (Å²) in [6.07, 6.45) is 0. The van der Waals surface area contributed by atoms with E-state index in [1.807, 2.05) is 18.2 Å². The van der Waals surface area contributed by atoms with Crippen molar-refractivity contribution in [2.75, 3.05) is 0 Å². The third-order valence-electron chi connectivity index (χ3n) is 5.44. The standard InChI is InChI=1S/C29H20/c1-5-13-23(14-6-1)21-22-29(26-19-11-4-12-20-26)27(24-15-7-2-8-16-24)28(29)25-17-9-3-10-18-25/h1-20H. The molecule has 0 nitrogen and oxygen atoms in total. The molecule has 0 fully saturated rings. The summed E-state index contributed by atoms with van der Waals surface area (Å²) in [7, 11) is 0. The average Bonchev–Trinajstić information content (AvgIpc) is 3.50. The van der Waals surface area contributed by atoms with Gasteiger partial charge in [-0.2, -0.15) is 0 Å². The predicted molar refractivity (Wildman–Crippen MR) is 121 cm³/mol. The molecule has 0 aliphatic heterocycles. The van der Waals surface area contributed by atoms with E-state index in [1.165, 1.54) is 27.8 Å². The first-order chi connectivity index (χ1) is 14.4. The maximum Gasteiger partial charge on any atom is 0.108 e. The zero-order valence-corrected chi connectivity index (χ0v) is 16.0. The second-order valence-corrected chi connectivity index (χ2v) is 7.21. The topological polar surface area (TPSA) is 0 Å². The van der Waals surface area contributed by atoms with Crippen LogP contribution in [0, 0.1) is 11.8 Å². The van der Waals surface area contributed by atoms with Gasteiger partial charge in [0.1, 0.15) is 5.41 Å². The fourth-order valence-corrected chi connectivity index (χ4v) is 4.07. The Kier molecular flexibility index (Phi) is 4.35. The van der Waals surface area contributed by atoms with Crippen molar-refractivity contribution >= 4 is 11.1 Å². The molecule has 0 N–H and O–H groups in total. The Balaban J connectivity index is 1.73. The molecule has 0 aromatic heterocycles. The third-order valence-corrected chi connectivity index (χ3v) is 5.44. The van der Waals surface area contributed by atoms with Gasteiger partial charge in [-0.15, -0.1) is 0 Å². The lowest BCUT2D eigenvalue weighted by Gasteiger charge is -2.15. The lowest BCUT2D eigenvalue weighted by molar-refractivity contribution is 1.05. The molecule has 0 heteroatoms. The number of benzene rings is 4. The molecular weight excluding hydrogens is 348 g/mol. The highest BCUT2D eigenvalue weighted by Crippen LogP contribution is 2.64. The summed E-state index contributed by atoms with van der Waals surface area (Å²) in [5, 5.41) is 0. The Morgan fingerprint density at radius 1 is 0.448 bits per heavy atom. The Labute approximate surface area is 172 Å². The van der Waals surface area contributed by atoms with Crippen LogP contribution in [-0.2, 0) is 5.41 Å². The summed E-state index contributed by atoms with van der Waals surface area (Å²) in [6, 6.07) is 42.2. The number of hydrogen-bond donors (Lipinski definition) is 0. The quantitative estimate of drug-likeness (QED) is 0.357. The van der Waals surface area contributed by atoms with Gasteiger partial charge in [-0.05, 0) is 40.0 Å². The van der Waals surface area contributed by atoms with Crippen LogP contribution >= 0.6 is 0 Å². The Morgan fingerprint density at radius 3 is 1.34 bits per heavy atom. The van der Waals surface area contributed by atoms with E-state index in [0.29, 0.717) is 0 Å². The molecule has 0 saturated heterocycles. The second-order valence-electron chi connectivity index (χ2n) is 7.21. The molecule has 0 spiro atoms. The lowest BCUT2D eigenvalue weighted by Crippen LogP contribution is -2.11. The number of allylic oxidation sites excluding steroid dienone is 2. The van der Waals surface area contributed by atoms with Gasteiger partial charge in [-0.1, -0.05) is 121 Å². The molecule has 1 aliphatic carbocycles. The molecular formula is C29H20. The zero-order chi connectivity index (χ0) is 19.5. The Hall–Kier alpha value is -3.82. The van der Waals surface area contributed by atoms with E-state index in [2.05, 4.69) is 115 Å². The van der Waals surface area contributed by atoms with E-state index in [1.54, 1.807) is 0 Å². The van der Waals surface area contributed by atoms with Crippen LogP contribution < -0.4 is 0 Å². The largest absolute Gasteiger partial charge is 0.108 e. The van der Waals surface area contributed by atoms with Crippen molar-refractivity contribution in [2.24, 2.45) is 0 Å². The molecule has 4 aromatic rings. The van der Waals surface area contributed by atoms with Gasteiger partial charge in [0.05, 0.1) is 0 Å². The first-order valence-corrected chi connectivity index (χ1v) is 9.89. The zero-order valence-electron chi connectivity index (χ0n) is 16.0. The van der Waals surface area contributed by atoms with E-state index >= 15 is 0 Å². The van der Waals surface area contributed by atoms with Crippen molar-refractivity contribution in [2.45, 2.75) is 5.41 Å². The van der Waals surface area contributed by atoms with Gasteiger partial charge in [0.25, 0.3) is 0 Å². The minimum absolute atomic E-state index is 0.389. The van der Waals surface area contributed by atoms with Crippen molar-refractivity contribution in [3.8, 4) is 11.8 Å². The highest BCUT2D eigenvalue weighted by Gasteiger charge is 2.54. The SMILES string of the molecule is C(#CC1(c2ccccc2)C(c2ccccc2)=C1c1ccccc1)c1ccccc1. The van der Waals surface area contributed by atoms with Crippen LogP contribution in [0.4, 0.5) is 0 Å². The van der Waals surface area contributed by atoms with Gasteiger partial charge >= 0.3 is 0 Å². The molecule has 0 unspecified atom stereocenters. The summed E-state index contributed by atoms with van der Waals surface area (Å²) in [6.45, 7) is 0. The van der Waals surface area contributed by atoms with Crippen molar-refractivity contribution < 1.29 is 0 Å². The molecule has 0 radical (unpaired) electrons. The van der Waals surface area contributed by atoms with Gasteiger partial charge < -0.3 is 0 Å². The molecule has 5 rings (SSSR count). The van der Waals surface area contributed by atoms with Gasteiger partial charge in [-0.3, -0.25) is 0 Å². The molecule has 1 aliphatic rings. The van der Waals surface area contributed by atoms with Gasteiger partial charge in [0.2, 0.25) is 0 Å². The van der Waals surface area contributed by atoms with Crippen molar-refractivity contribution in [1.29, 1.82) is 0 Å². The predicted octanol–water partition coefficient (Wildman–Crippen LogP) is 6.60. The van der Waals surface area contributed by atoms with Crippen LogP contribution in [0.5, 0.6) is 0 Å². The normalized spacial score (nSPS) is 14.1. The van der Waals surface area contributed by atoms with Gasteiger partial charge in [0.15, 0.2) is 0 Å². The van der Waals surface area contributed by atoms with E-state index in [4.69, 9.17) is 0 Å². The third kappa shape index (κ3) is 3.08. The molecule has 29 heavy (non-hydrogen) atoms. The number of rotatable bonds is 3. The summed E-state index contributed by atoms with van der Waals surface area (Å²) in [5.41, 5.74) is 6.95. The van der Waals surface area contributed by atoms with Crippen LogP contribution in [0.2, 0.25) is 0 Å². The average molecular weight is 368 g/mol. The van der Waals surface area contributed by atoms with Crippen LogP contribution in [0.25, 0.3) is 11.1 Å². The van der Waals surface area contributed by atoms with E-state index in [9.17, 15) is 0 Å². The van der Waals surface area contributed by atoms with Crippen LogP contribution in [0.1, 0.15) is 22.3 Å². The van der Waals surface area contributed by atoms with Gasteiger partial charge in [0, 0.05) is 5.56 Å². The number of hydrogen-bond acceptors (Lipinski definition) is 0. The fraction of sp³-hybridized carbons (Fsp3) is 0.0345. The molecule has 0 atom stereocenters. The minimum Gasteiger partial charge on any atom is -0.0764 e. The first kappa shape index (κ1) is 17.3. The van der Waals surface area contributed by atoms with E-state index in [0.717, 1.165) is 5.56 Å². The molecule has 0 bridgehead atoms. The maximum absolute atomic E-state index is 3.68. The fourth-order valence-electron chi connectivity index (χ4n) is 4.07. The summed E-state index contributed by atoms with van der Waals surface area (Å²) >= 11 is 0. The Morgan fingerprint density at radius 2 is 0.862 bits per heavy atom. The van der Waals surface area contributed by atoms with Crippen LogP contribution in [-0.4, -0.2) is 0 Å². The minimum atomic E-state index is -0.389. The van der Waals surface area contributed by atoms with E-state index < -0.39 is 0 Å². The second kappa shape index (κ2) is 7.30. The molecule has 0 saturated carbocycles. The van der Waals surface area contributed by atoms with Crippen molar-refractivity contribution in [1.82, 2.24) is 0 Å². The highest BCUT2D eigenvalue weighted by molar-refractivity contribution is 6.22. The monoisotopic (exact) mass is 368 g/mol. The highest BCUT2D eigenvalue weighted by atomic mass is 14.5. The van der Waals surface area contributed by atoms with E-state index in [-0.39, 0.29) is 5.41 Å².